The fraction of sp³-hybridized carbons (Fsp3) is 1.00. The van der Waals surface area contributed by atoms with E-state index in [1.807, 2.05) is 6.92 Å². The molecule has 0 saturated heterocycles. The van der Waals surface area contributed by atoms with Crippen molar-refractivity contribution in [3.63, 3.8) is 0 Å². The summed E-state index contributed by atoms with van der Waals surface area (Å²) in [4.78, 5) is 2.65. The standard InChI is InChI=1S/C15H32N2O/c1-5-18-10-6-9-16-11-14(4)17(13(2)3)12-15-7-8-15/h13-16H,5-12H2,1-4H3. The molecular formula is C15H32N2O. The Labute approximate surface area is 113 Å². The van der Waals surface area contributed by atoms with Crippen LogP contribution in [0.5, 0.6) is 0 Å². The van der Waals surface area contributed by atoms with Gasteiger partial charge in [0.2, 0.25) is 0 Å². The lowest BCUT2D eigenvalue weighted by atomic mass is 10.2. The lowest BCUT2D eigenvalue weighted by molar-refractivity contribution is 0.139. The van der Waals surface area contributed by atoms with Crippen molar-refractivity contribution >= 4 is 0 Å². The summed E-state index contributed by atoms with van der Waals surface area (Å²) in [5, 5.41) is 3.55. The van der Waals surface area contributed by atoms with Gasteiger partial charge in [-0.3, -0.25) is 4.90 Å². The average molecular weight is 256 g/mol. The summed E-state index contributed by atoms with van der Waals surface area (Å²) in [6.45, 7) is 14.2. The Morgan fingerprint density at radius 1 is 1.28 bits per heavy atom. The van der Waals surface area contributed by atoms with Crippen molar-refractivity contribution in [2.45, 2.75) is 59.0 Å². The van der Waals surface area contributed by atoms with Gasteiger partial charge in [-0.25, -0.2) is 0 Å². The van der Waals surface area contributed by atoms with Crippen molar-refractivity contribution in [2.24, 2.45) is 5.92 Å². The van der Waals surface area contributed by atoms with Crippen LogP contribution in [0, 0.1) is 5.92 Å². The van der Waals surface area contributed by atoms with Crippen LogP contribution < -0.4 is 5.32 Å². The molecule has 1 aliphatic rings. The van der Waals surface area contributed by atoms with Crippen LogP contribution in [0.3, 0.4) is 0 Å². The van der Waals surface area contributed by atoms with Gasteiger partial charge in [0.05, 0.1) is 0 Å². The van der Waals surface area contributed by atoms with Crippen LogP contribution in [0.25, 0.3) is 0 Å². The highest BCUT2D eigenvalue weighted by Crippen LogP contribution is 2.30. The molecule has 1 aliphatic carbocycles. The van der Waals surface area contributed by atoms with Gasteiger partial charge in [-0.15, -0.1) is 0 Å². The number of rotatable bonds is 11. The fourth-order valence-corrected chi connectivity index (χ4v) is 2.37. The molecule has 3 heteroatoms. The smallest absolute Gasteiger partial charge is 0.0477 e. The van der Waals surface area contributed by atoms with Crippen LogP contribution >= 0.6 is 0 Å². The quantitative estimate of drug-likeness (QED) is 0.575. The monoisotopic (exact) mass is 256 g/mol. The van der Waals surface area contributed by atoms with Crippen LogP contribution in [0.2, 0.25) is 0 Å². The summed E-state index contributed by atoms with van der Waals surface area (Å²) < 4.78 is 5.34. The summed E-state index contributed by atoms with van der Waals surface area (Å²) in [6.07, 6.45) is 4.00. The first-order chi connectivity index (χ1) is 8.65. The molecular weight excluding hydrogens is 224 g/mol. The largest absolute Gasteiger partial charge is 0.382 e. The van der Waals surface area contributed by atoms with E-state index < -0.39 is 0 Å². The van der Waals surface area contributed by atoms with E-state index in [0.29, 0.717) is 12.1 Å². The molecule has 1 atom stereocenters. The van der Waals surface area contributed by atoms with E-state index in [0.717, 1.165) is 38.6 Å². The van der Waals surface area contributed by atoms with Crippen LogP contribution in [-0.4, -0.2) is 49.8 Å². The normalized spacial score (nSPS) is 17.7. The van der Waals surface area contributed by atoms with Crippen molar-refractivity contribution in [1.29, 1.82) is 0 Å². The molecule has 0 aromatic rings. The minimum atomic E-state index is 0.637. The van der Waals surface area contributed by atoms with Gasteiger partial charge in [-0.2, -0.15) is 0 Å². The van der Waals surface area contributed by atoms with E-state index in [4.69, 9.17) is 4.74 Å². The second-order valence-corrected chi connectivity index (χ2v) is 5.84. The SMILES string of the molecule is CCOCCCNCC(C)N(CC1CC1)C(C)C. The summed E-state index contributed by atoms with van der Waals surface area (Å²) in [5.41, 5.74) is 0. The van der Waals surface area contributed by atoms with Crippen molar-refractivity contribution in [2.75, 3.05) is 32.8 Å². The van der Waals surface area contributed by atoms with Gasteiger partial charge < -0.3 is 10.1 Å². The van der Waals surface area contributed by atoms with E-state index in [9.17, 15) is 0 Å². The molecule has 1 fully saturated rings. The summed E-state index contributed by atoms with van der Waals surface area (Å²) >= 11 is 0. The predicted molar refractivity (Wildman–Crippen MR) is 78.0 cm³/mol. The Balaban J connectivity index is 2.09. The molecule has 0 aromatic heterocycles. The summed E-state index contributed by atoms with van der Waals surface area (Å²) in [7, 11) is 0. The Kier molecular flexibility index (Phi) is 7.87. The van der Waals surface area contributed by atoms with Crippen LogP contribution in [0.15, 0.2) is 0 Å². The van der Waals surface area contributed by atoms with E-state index in [-0.39, 0.29) is 0 Å². The summed E-state index contributed by atoms with van der Waals surface area (Å²) in [6, 6.07) is 1.29. The number of hydrogen-bond donors (Lipinski definition) is 1. The molecule has 0 amide bonds. The van der Waals surface area contributed by atoms with Crippen molar-refractivity contribution in [3.05, 3.63) is 0 Å². The van der Waals surface area contributed by atoms with Gasteiger partial charge in [-0.05, 0) is 59.4 Å². The first-order valence-electron chi connectivity index (χ1n) is 7.69. The van der Waals surface area contributed by atoms with Gasteiger partial charge in [-0.1, -0.05) is 0 Å². The molecule has 0 bridgehead atoms. The molecule has 1 unspecified atom stereocenters. The third kappa shape index (κ3) is 6.72. The molecule has 0 aliphatic heterocycles. The zero-order chi connectivity index (χ0) is 13.4. The Bertz CT molecular complexity index is 205. The highest BCUT2D eigenvalue weighted by molar-refractivity contribution is 4.82. The molecule has 1 saturated carbocycles. The first kappa shape index (κ1) is 15.9. The summed E-state index contributed by atoms with van der Waals surface area (Å²) in [5.74, 6) is 0.979. The zero-order valence-corrected chi connectivity index (χ0v) is 12.7. The molecule has 3 nitrogen and oxygen atoms in total. The fourth-order valence-electron chi connectivity index (χ4n) is 2.37. The third-order valence-corrected chi connectivity index (χ3v) is 3.68. The van der Waals surface area contributed by atoms with Gasteiger partial charge in [0, 0.05) is 38.4 Å². The van der Waals surface area contributed by atoms with E-state index in [1.165, 1.54) is 19.4 Å². The lowest BCUT2D eigenvalue weighted by Crippen LogP contribution is -2.45. The predicted octanol–water partition coefficient (Wildman–Crippen LogP) is 2.51. The molecule has 18 heavy (non-hydrogen) atoms. The molecule has 1 rings (SSSR count). The maximum absolute atomic E-state index is 5.34. The second-order valence-electron chi connectivity index (χ2n) is 5.84. The topological polar surface area (TPSA) is 24.5 Å². The molecule has 1 N–H and O–H groups in total. The number of nitrogens with zero attached hydrogens (tertiary/aromatic N) is 1. The molecule has 0 radical (unpaired) electrons. The average Bonchev–Trinajstić information content (AvgIpc) is 3.13. The second kappa shape index (κ2) is 8.89. The van der Waals surface area contributed by atoms with Crippen molar-refractivity contribution in [3.8, 4) is 0 Å². The maximum Gasteiger partial charge on any atom is 0.0477 e. The van der Waals surface area contributed by atoms with E-state index in [1.54, 1.807) is 0 Å². The van der Waals surface area contributed by atoms with Gasteiger partial charge >= 0.3 is 0 Å². The highest BCUT2D eigenvalue weighted by atomic mass is 16.5. The lowest BCUT2D eigenvalue weighted by Gasteiger charge is -2.33. The number of hydrogen-bond acceptors (Lipinski definition) is 3. The minimum Gasteiger partial charge on any atom is -0.382 e. The zero-order valence-electron chi connectivity index (χ0n) is 12.7. The highest BCUT2D eigenvalue weighted by Gasteiger charge is 2.27. The van der Waals surface area contributed by atoms with Gasteiger partial charge in [0.25, 0.3) is 0 Å². The molecule has 0 heterocycles. The molecule has 0 spiro atoms. The Morgan fingerprint density at radius 2 is 2.00 bits per heavy atom. The third-order valence-electron chi connectivity index (χ3n) is 3.68. The van der Waals surface area contributed by atoms with E-state index in [2.05, 4.69) is 31.0 Å². The van der Waals surface area contributed by atoms with E-state index >= 15 is 0 Å². The van der Waals surface area contributed by atoms with Crippen LogP contribution in [0.1, 0.15) is 47.0 Å². The molecule has 0 aromatic carbocycles. The molecule has 108 valence electrons. The first-order valence-corrected chi connectivity index (χ1v) is 7.69. The maximum atomic E-state index is 5.34. The van der Waals surface area contributed by atoms with Gasteiger partial charge in [0.1, 0.15) is 0 Å². The van der Waals surface area contributed by atoms with Crippen LogP contribution in [-0.2, 0) is 4.74 Å². The number of ether oxygens (including phenoxy) is 1. The van der Waals surface area contributed by atoms with Crippen molar-refractivity contribution in [1.82, 2.24) is 10.2 Å². The Morgan fingerprint density at radius 3 is 2.56 bits per heavy atom. The van der Waals surface area contributed by atoms with Crippen LogP contribution in [0.4, 0.5) is 0 Å². The number of nitrogens with one attached hydrogen (secondary N) is 1. The van der Waals surface area contributed by atoms with Crippen molar-refractivity contribution < 1.29 is 4.74 Å². The van der Waals surface area contributed by atoms with Gasteiger partial charge in [0.15, 0.2) is 0 Å². The Hall–Kier alpha value is -0.120. The minimum absolute atomic E-state index is 0.637.